The van der Waals surface area contributed by atoms with Gasteiger partial charge in [-0.1, -0.05) is 6.07 Å². The van der Waals surface area contributed by atoms with Gasteiger partial charge in [-0.3, -0.25) is 4.79 Å². The average Bonchev–Trinajstić information content (AvgIpc) is 2.28. The van der Waals surface area contributed by atoms with E-state index >= 15 is 0 Å². The summed E-state index contributed by atoms with van der Waals surface area (Å²) >= 11 is 0. The lowest BCUT2D eigenvalue weighted by Crippen LogP contribution is -2.32. The molecule has 0 aromatic heterocycles. The number of carbonyl (C=O) groups excluding carboxylic acids is 1. The van der Waals surface area contributed by atoms with Crippen LogP contribution in [0.15, 0.2) is 18.2 Å². The zero-order valence-corrected chi connectivity index (χ0v) is 9.37. The molecule has 88 valence electrons. The topological polar surface area (TPSA) is 55.6 Å². The summed E-state index contributed by atoms with van der Waals surface area (Å²) in [6.07, 6.45) is 0. The summed E-state index contributed by atoms with van der Waals surface area (Å²) in [5.74, 6) is -0.789. The molecule has 0 radical (unpaired) electrons. The van der Waals surface area contributed by atoms with Gasteiger partial charge in [0.1, 0.15) is 17.1 Å². The van der Waals surface area contributed by atoms with Crippen molar-refractivity contribution in [2.24, 2.45) is 5.73 Å². The molecule has 0 atom stereocenters. The minimum Gasteiger partial charge on any atom is -0.496 e. The Labute approximate surface area is 93.8 Å². The summed E-state index contributed by atoms with van der Waals surface area (Å²) in [6.45, 7) is 0.704. The lowest BCUT2D eigenvalue weighted by molar-refractivity contribution is 0.0791. The van der Waals surface area contributed by atoms with Crippen LogP contribution in [-0.4, -0.2) is 38.1 Å². The number of ether oxygens (including phenoxy) is 1. The lowest BCUT2D eigenvalue weighted by Gasteiger charge is -2.17. The van der Waals surface area contributed by atoms with Crippen LogP contribution >= 0.6 is 0 Å². The molecule has 2 N–H and O–H groups in total. The highest BCUT2D eigenvalue weighted by molar-refractivity contribution is 5.97. The minimum absolute atomic E-state index is 0.0547. The van der Waals surface area contributed by atoms with Crippen molar-refractivity contribution in [1.29, 1.82) is 0 Å². The smallest absolute Gasteiger partial charge is 0.260 e. The van der Waals surface area contributed by atoms with E-state index < -0.39 is 11.7 Å². The van der Waals surface area contributed by atoms with Gasteiger partial charge in [0.05, 0.1) is 7.11 Å². The summed E-state index contributed by atoms with van der Waals surface area (Å²) in [5.41, 5.74) is 5.28. The van der Waals surface area contributed by atoms with Crippen LogP contribution in [0.2, 0.25) is 0 Å². The van der Waals surface area contributed by atoms with Gasteiger partial charge < -0.3 is 15.4 Å². The van der Waals surface area contributed by atoms with Crippen LogP contribution in [0.3, 0.4) is 0 Å². The SMILES string of the molecule is COc1cccc(F)c1C(=O)N(C)CCN. The predicted octanol–water partition coefficient (Wildman–Crippen LogP) is 0.865. The first kappa shape index (κ1) is 12.4. The fourth-order valence-electron chi connectivity index (χ4n) is 1.37. The number of nitrogens with two attached hydrogens (primary N) is 1. The van der Waals surface area contributed by atoms with Gasteiger partial charge in [0.2, 0.25) is 0 Å². The molecule has 0 unspecified atom stereocenters. The summed E-state index contributed by atoms with van der Waals surface area (Å²) in [5, 5.41) is 0. The van der Waals surface area contributed by atoms with Gasteiger partial charge in [-0.25, -0.2) is 4.39 Å². The van der Waals surface area contributed by atoms with E-state index in [0.717, 1.165) is 0 Å². The van der Waals surface area contributed by atoms with Gasteiger partial charge in [-0.2, -0.15) is 0 Å². The first-order chi connectivity index (χ1) is 7.61. The highest BCUT2D eigenvalue weighted by atomic mass is 19.1. The van der Waals surface area contributed by atoms with Crippen LogP contribution in [-0.2, 0) is 0 Å². The quantitative estimate of drug-likeness (QED) is 0.828. The van der Waals surface area contributed by atoms with Crippen LogP contribution in [0, 0.1) is 5.82 Å². The molecule has 1 aromatic carbocycles. The summed E-state index contributed by atoms with van der Waals surface area (Å²) in [6, 6.07) is 4.27. The van der Waals surface area contributed by atoms with Crippen molar-refractivity contribution in [3.8, 4) is 5.75 Å². The Morgan fingerprint density at radius 1 is 1.56 bits per heavy atom. The van der Waals surface area contributed by atoms with E-state index in [4.69, 9.17) is 10.5 Å². The fraction of sp³-hybridized carbons (Fsp3) is 0.364. The molecule has 0 aliphatic heterocycles. The minimum atomic E-state index is -0.590. The number of methoxy groups -OCH3 is 1. The Balaban J connectivity index is 3.06. The number of likely N-dealkylation sites (N-methyl/N-ethyl adjacent to an activating group) is 1. The summed E-state index contributed by atoms with van der Waals surface area (Å²) in [7, 11) is 2.97. The Morgan fingerprint density at radius 3 is 2.81 bits per heavy atom. The van der Waals surface area contributed by atoms with E-state index in [9.17, 15) is 9.18 Å². The number of nitrogens with zero attached hydrogens (tertiary/aromatic N) is 1. The molecular formula is C11H15FN2O2. The number of hydrogen-bond donors (Lipinski definition) is 1. The van der Waals surface area contributed by atoms with Crippen molar-refractivity contribution in [3.05, 3.63) is 29.6 Å². The molecule has 0 spiro atoms. The second-order valence-electron chi connectivity index (χ2n) is 3.33. The van der Waals surface area contributed by atoms with Crippen molar-refractivity contribution in [2.75, 3.05) is 27.2 Å². The Hall–Kier alpha value is -1.62. The first-order valence-electron chi connectivity index (χ1n) is 4.89. The van der Waals surface area contributed by atoms with Gasteiger partial charge in [-0.15, -0.1) is 0 Å². The molecule has 1 amide bonds. The zero-order valence-electron chi connectivity index (χ0n) is 9.37. The molecule has 0 bridgehead atoms. The normalized spacial score (nSPS) is 10.0. The number of carbonyl (C=O) groups is 1. The summed E-state index contributed by atoms with van der Waals surface area (Å²) in [4.78, 5) is 13.2. The van der Waals surface area contributed by atoms with Gasteiger partial charge in [-0.05, 0) is 12.1 Å². The van der Waals surface area contributed by atoms with Crippen molar-refractivity contribution in [1.82, 2.24) is 4.90 Å². The van der Waals surface area contributed by atoms with E-state index in [1.54, 1.807) is 13.1 Å². The third kappa shape index (κ3) is 2.49. The van der Waals surface area contributed by atoms with Crippen LogP contribution < -0.4 is 10.5 Å². The molecule has 0 heterocycles. The van der Waals surface area contributed by atoms with Gasteiger partial charge in [0, 0.05) is 20.1 Å². The van der Waals surface area contributed by atoms with E-state index in [2.05, 4.69) is 0 Å². The standard InChI is InChI=1S/C11H15FN2O2/c1-14(7-6-13)11(15)10-8(12)4-3-5-9(10)16-2/h3-5H,6-7,13H2,1-2H3. The van der Waals surface area contributed by atoms with Crippen molar-refractivity contribution in [2.45, 2.75) is 0 Å². The van der Waals surface area contributed by atoms with Crippen LogP contribution in [0.5, 0.6) is 5.75 Å². The van der Waals surface area contributed by atoms with Crippen LogP contribution in [0.4, 0.5) is 4.39 Å². The molecule has 0 aliphatic rings. The van der Waals surface area contributed by atoms with Crippen LogP contribution in [0.25, 0.3) is 0 Å². The zero-order chi connectivity index (χ0) is 12.1. The second-order valence-corrected chi connectivity index (χ2v) is 3.33. The third-order valence-corrected chi connectivity index (χ3v) is 2.22. The molecule has 5 heteroatoms. The maximum absolute atomic E-state index is 13.5. The average molecular weight is 226 g/mol. The molecule has 0 saturated carbocycles. The third-order valence-electron chi connectivity index (χ3n) is 2.22. The lowest BCUT2D eigenvalue weighted by atomic mass is 10.1. The van der Waals surface area contributed by atoms with E-state index in [1.165, 1.54) is 24.1 Å². The first-order valence-corrected chi connectivity index (χ1v) is 4.89. The van der Waals surface area contributed by atoms with Gasteiger partial charge in [0.15, 0.2) is 0 Å². The fourth-order valence-corrected chi connectivity index (χ4v) is 1.37. The monoisotopic (exact) mass is 226 g/mol. The molecule has 4 nitrogen and oxygen atoms in total. The molecule has 0 aliphatic carbocycles. The maximum atomic E-state index is 13.5. The van der Waals surface area contributed by atoms with Crippen LogP contribution in [0.1, 0.15) is 10.4 Å². The number of halogens is 1. The Bertz CT molecular complexity index is 382. The van der Waals surface area contributed by atoms with E-state index in [0.29, 0.717) is 13.1 Å². The molecule has 0 fully saturated rings. The van der Waals surface area contributed by atoms with E-state index in [1.807, 2.05) is 0 Å². The highest BCUT2D eigenvalue weighted by Crippen LogP contribution is 2.22. The van der Waals surface area contributed by atoms with Crippen molar-refractivity contribution >= 4 is 5.91 Å². The summed E-state index contributed by atoms with van der Waals surface area (Å²) < 4.78 is 18.5. The largest absolute Gasteiger partial charge is 0.496 e. The molecular weight excluding hydrogens is 211 g/mol. The molecule has 16 heavy (non-hydrogen) atoms. The number of benzene rings is 1. The Morgan fingerprint density at radius 2 is 2.25 bits per heavy atom. The highest BCUT2D eigenvalue weighted by Gasteiger charge is 2.20. The number of rotatable bonds is 4. The number of amides is 1. The maximum Gasteiger partial charge on any atom is 0.260 e. The van der Waals surface area contributed by atoms with Crippen molar-refractivity contribution in [3.63, 3.8) is 0 Å². The predicted molar refractivity (Wildman–Crippen MR) is 59.0 cm³/mol. The number of hydrogen-bond acceptors (Lipinski definition) is 3. The van der Waals surface area contributed by atoms with E-state index in [-0.39, 0.29) is 11.3 Å². The second kappa shape index (κ2) is 5.46. The van der Waals surface area contributed by atoms with Gasteiger partial charge >= 0.3 is 0 Å². The van der Waals surface area contributed by atoms with Crippen molar-refractivity contribution < 1.29 is 13.9 Å². The molecule has 1 rings (SSSR count). The Kier molecular flexibility index (Phi) is 4.25. The molecule has 1 aromatic rings. The van der Waals surface area contributed by atoms with Gasteiger partial charge in [0.25, 0.3) is 5.91 Å². The molecule has 0 saturated heterocycles.